The maximum atomic E-state index is 12.2. The normalized spacial score (nSPS) is 9.84. The summed E-state index contributed by atoms with van der Waals surface area (Å²) in [4.78, 5) is 12.2. The molecule has 25 heavy (non-hydrogen) atoms. The van der Waals surface area contributed by atoms with Gasteiger partial charge in [-0.25, -0.2) is 0 Å². The average molecular weight is 356 g/mol. The Morgan fingerprint density at radius 1 is 1.16 bits per heavy atom. The first kappa shape index (κ1) is 18.5. The quantitative estimate of drug-likeness (QED) is 0.609. The number of carbonyl (C=O) groups is 1. The Balaban J connectivity index is 1.93. The minimum Gasteiger partial charge on any atom is -0.497 e. The number of anilines is 1. The Morgan fingerprint density at radius 3 is 2.52 bits per heavy atom. The fraction of sp³-hybridized carbons (Fsp3) is 0.158. The predicted molar refractivity (Wildman–Crippen MR) is 103 cm³/mol. The first-order valence-electron chi connectivity index (χ1n) is 7.61. The zero-order valence-corrected chi connectivity index (χ0v) is 15.0. The van der Waals surface area contributed by atoms with Gasteiger partial charge in [0.25, 0.3) is 5.91 Å². The van der Waals surface area contributed by atoms with Gasteiger partial charge in [0.05, 0.1) is 7.11 Å². The molecular formula is C19H20N2O3S. The first-order chi connectivity index (χ1) is 12.0. The Kier molecular flexibility index (Phi) is 6.54. The summed E-state index contributed by atoms with van der Waals surface area (Å²) in [6.07, 6.45) is 0. The van der Waals surface area contributed by atoms with Crippen molar-refractivity contribution < 1.29 is 14.3 Å². The number of hydrogen-bond donors (Lipinski definition) is 2. The van der Waals surface area contributed by atoms with Crippen LogP contribution in [0.5, 0.6) is 11.5 Å². The van der Waals surface area contributed by atoms with Crippen LogP contribution in [-0.2, 0) is 0 Å². The smallest absolute Gasteiger partial charge is 0.257 e. The van der Waals surface area contributed by atoms with E-state index in [9.17, 15) is 4.79 Å². The van der Waals surface area contributed by atoms with Crippen molar-refractivity contribution in [3.63, 3.8) is 0 Å². The van der Waals surface area contributed by atoms with Crippen LogP contribution >= 0.6 is 12.2 Å². The first-order valence-corrected chi connectivity index (χ1v) is 8.02. The lowest BCUT2D eigenvalue weighted by atomic mass is 10.2. The molecule has 130 valence electrons. The number of ether oxygens (including phenoxy) is 2. The number of amides is 1. The minimum absolute atomic E-state index is 0.206. The summed E-state index contributed by atoms with van der Waals surface area (Å²) < 4.78 is 10.6. The van der Waals surface area contributed by atoms with E-state index in [1.165, 1.54) is 0 Å². The van der Waals surface area contributed by atoms with E-state index in [2.05, 4.69) is 17.2 Å². The molecule has 1 amide bonds. The van der Waals surface area contributed by atoms with Gasteiger partial charge in [0, 0.05) is 17.3 Å². The second-order valence-corrected chi connectivity index (χ2v) is 5.82. The summed E-state index contributed by atoms with van der Waals surface area (Å²) in [5.41, 5.74) is 2.14. The van der Waals surface area contributed by atoms with Gasteiger partial charge in [0.1, 0.15) is 18.1 Å². The second kappa shape index (κ2) is 8.84. The summed E-state index contributed by atoms with van der Waals surface area (Å²) in [5, 5.41) is 5.81. The highest BCUT2D eigenvalue weighted by Gasteiger charge is 2.08. The number of nitrogens with one attached hydrogen (secondary N) is 2. The lowest BCUT2D eigenvalue weighted by molar-refractivity contribution is 0.0977. The number of thiocarbonyl (C=S) groups is 1. The van der Waals surface area contributed by atoms with Crippen LogP contribution < -0.4 is 20.1 Å². The third kappa shape index (κ3) is 5.93. The summed E-state index contributed by atoms with van der Waals surface area (Å²) in [6.45, 7) is 6.14. The third-order valence-electron chi connectivity index (χ3n) is 3.16. The molecule has 0 heterocycles. The van der Waals surface area contributed by atoms with Crippen molar-refractivity contribution in [1.29, 1.82) is 0 Å². The van der Waals surface area contributed by atoms with E-state index >= 15 is 0 Å². The molecule has 2 N–H and O–H groups in total. The van der Waals surface area contributed by atoms with Gasteiger partial charge in [-0.2, -0.15) is 0 Å². The number of carbonyl (C=O) groups excluding carboxylic acids is 1. The zero-order chi connectivity index (χ0) is 18.2. The Bertz CT molecular complexity index is 772. The standard InChI is InChI=1S/C19H20N2O3S/c1-13(2)12-24-17-6-4-5-15(11-17)20-19(25)21-18(22)14-7-9-16(23-3)10-8-14/h4-11H,1,12H2,2-3H3,(H2,20,21,22,25). The monoisotopic (exact) mass is 356 g/mol. The fourth-order valence-corrected chi connectivity index (χ4v) is 2.16. The van der Waals surface area contributed by atoms with Crippen molar-refractivity contribution in [1.82, 2.24) is 5.32 Å². The van der Waals surface area contributed by atoms with Gasteiger partial charge in [-0.15, -0.1) is 0 Å². The van der Waals surface area contributed by atoms with Crippen molar-refractivity contribution in [2.45, 2.75) is 6.92 Å². The summed E-state index contributed by atoms with van der Waals surface area (Å²) >= 11 is 5.19. The zero-order valence-electron chi connectivity index (χ0n) is 14.2. The molecule has 0 fully saturated rings. The van der Waals surface area contributed by atoms with Crippen molar-refractivity contribution in [2.24, 2.45) is 0 Å². The Labute approximate surface area is 152 Å². The summed E-state index contributed by atoms with van der Waals surface area (Å²) in [6, 6.07) is 14.1. The van der Waals surface area contributed by atoms with E-state index in [1.807, 2.05) is 25.1 Å². The highest BCUT2D eigenvalue weighted by atomic mass is 32.1. The van der Waals surface area contributed by atoms with Crippen LogP contribution in [0.2, 0.25) is 0 Å². The van der Waals surface area contributed by atoms with Crippen LogP contribution in [0.1, 0.15) is 17.3 Å². The van der Waals surface area contributed by atoms with Gasteiger partial charge < -0.3 is 14.8 Å². The van der Waals surface area contributed by atoms with Gasteiger partial charge in [0.2, 0.25) is 0 Å². The molecule has 0 aliphatic heterocycles. The van der Waals surface area contributed by atoms with E-state index in [0.29, 0.717) is 23.7 Å². The highest BCUT2D eigenvalue weighted by Crippen LogP contribution is 2.18. The Hall–Kier alpha value is -2.86. The molecule has 2 rings (SSSR count). The van der Waals surface area contributed by atoms with Gasteiger partial charge >= 0.3 is 0 Å². The molecule has 0 unspecified atom stereocenters. The molecule has 6 heteroatoms. The molecule has 0 spiro atoms. The van der Waals surface area contributed by atoms with E-state index in [1.54, 1.807) is 37.4 Å². The van der Waals surface area contributed by atoms with E-state index in [4.69, 9.17) is 21.7 Å². The number of rotatable bonds is 6. The van der Waals surface area contributed by atoms with Crippen molar-refractivity contribution in [3.8, 4) is 11.5 Å². The van der Waals surface area contributed by atoms with E-state index in [-0.39, 0.29) is 11.0 Å². The maximum Gasteiger partial charge on any atom is 0.257 e. The predicted octanol–water partition coefficient (Wildman–Crippen LogP) is 3.78. The van der Waals surface area contributed by atoms with Crippen LogP contribution in [0, 0.1) is 0 Å². The molecule has 0 saturated heterocycles. The van der Waals surface area contributed by atoms with Crippen LogP contribution in [0.25, 0.3) is 0 Å². The molecule has 5 nitrogen and oxygen atoms in total. The van der Waals surface area contributed by atoms with Crippen LogP contribution in [0.4, 0.5) is 5.69 Å². The molecule has 0 bridgehead atoms. The van der Waals surface area contributed by atoms with Gasteiger partial charge in [0.15, 0.2) is 5.11 Å². The fourth-order valence-electron chi connectivity index (χ4n) is 1.95. The van der Waals surface area contributed by atoms with E-state index in [0.717, 1.165) is 11.3 Å². The molecule has 0 aromatic heterocycles. The van der Waals surface area contributed by atoms with Crippen molar-refractivity contribution >= 4 is 28.9 Å². The average Bonchev–Trinajstić information content (AvgIpc) is 2.60. The molecule has 0 atom stereocenters. The molecule has 0 radical (unpaired) electrons. The summed E-state index contributed by atoms with van der Waals surface area (Å²) in [7, 11) is 1.57. The largest absolute Gasteiger partial charge is 0.497 e. The van der Waals surface area contributed by atoms with Gasteiger partial charge in [-0.05, 0) is 61.1 Å². The van der Waals surface area contributed by atoms with E-state index < -0.39 is 0 Å². The SMILES string of the molecule is C=C(C)COc1cccc(NC(=S)NC(=O)c2ccc(OC)cc2)c1. The Morgan fingerprint density at radius 2 is 1.88 bits per heavy atom. The second-order valence-electron chi connectivity index (χ2n) is 5.41. The maximum absolute atomic E-state index is 12.2. The molecule has 2 aromatic rings. The highest BCUT2D eigenvalue weighted by molar-refractivity contribution is 7.80. The topological polar surface area (TPSA) is 59.6 Å². The van der Waals surface area contributed by atoms with Crippen molar-refractivity contribution in [2.75, 3.05) is 19.0 Å². The summed E-state index contributed by atoms with van der Waals surface area (Å²) in [5.74, 6) is 1.08. The molecule has 0 aliphatic carbocycles. The molecule has 0 aliphatic rings. The van der Waals surface area contributed by atoms with Gasteiger partial charge in [-0.3, -0.25) is 10.1 Å². The molecular weight excluding hydrogens is 336 g/mol. The van der Waals surface area contributed by atoms with Gasteiger partial charge in [-0.1, -0.05) is 12.6 Å². The van der Waals surface area contributed by atoms with Crippen molar-refractivity contribution in [3.05, 3.63) is 66.2 Å². The van der Waals surface area contributed by atoms with Crippen LogP contribution in [0.15, 0.2) is 60.7 Å². The van der Waals surface area contributed by atoms with Crippen LogP contribution in [-0.4, -0.2) is 24.7 Å². The lowest BCUT2D eigenvalue weighted by Crippen LogP contribution is -2.34. The number of benzene rings is 2. The minimum atomic E-state index is -0.296. The lowest BCUT2D eigenvalue weighted by Gasteiger charge is -2.11. The third-order valence-corrected chi connectivity index (χ3v) is 3.36. The van der Waals surface area contributed by atoms with Crippen LogP contribution in [0.3, 0.4) is 0 Å². The number of methoxy groups -OCH3 is 1. The molecule has 2 aromatic carbocycles. The number of hydrogen-bond acceptors (Lipinski definition) is 4. The molecule has 0 saturated carbocycles.